The van der Waals surface area contributed by atoms with Crippen LogP contribution in [-0.2, 0) is 11.8 Å². The molecule has 4 aromatic rings. The van der Waals surface area contributed by atoms with E-state index in [1.165, 1.54) is 12.8 Å². The summed E-state index contributed by atoms with van der Waals surface area (Å²) in [6.45, 7) is 3.77. The van der Waals surface area contributed by atoms with Crippen molar-refractivity contribution in [2.24, 2.45) is 18.4 Å². The van der Waals surface area contributed by atoms with Gasteiger partial charge in [0.05, 0.1) is 23.5 Å². The van der Waals surface area contributed by atoms with Gasteiger partial charge in [-0.25, -0.2) is 9.50 Å². The Hall–Kier alpha value is -4.19. The lowest BCUT2D eigenvalue weighted by atomic mass is 9.71. The molecule has 0 bridgehead atoms. The van der Waals surface area contributed by atoms with Crippen LogP contribution in [0.2, 0.25) is 0 Å². The van der Waals surface area contributed by atoms with Crippen molar-refractivity contribution in [3.63, 3.8) is 0 Å². The molecular weight excluding hydrogens is 488 g/mol. The summed E-state index contributed by atoms with van der Waals surface area (Å²) in [4.78, 5) is 22.1. The van der Waals surface area contributed by atoms with Gasteiger partial charge in [-0.1, -0.05) is 12.8 Å². The van der Waals surface area contributed by atoms with E-state index < -0.39 is 0 Å². The number of hydrogen-bond donors (Lipinski definition) is 0. The molecule has 2 aliphatic heterocycles. The molecule has 6 heterocycles. The van der Waals surface area contributed by atoms with E-state index in [0.717, 1.165) is 85.5 Å². The first-order valence-corrected chi connectivity index (χ1v) is 13.9. The molecule has 9 nitrogen and oxygen atoms in total. The molecule has 3 aliphatic rings. The van der Waals surface area contributed by atoms with Crippen molar-refractivity contribution in [1.29, 1.82) is 5.26 Å². The van der Waals surface area contributed by atoms with Crippen LogP contribution in [0.15, 0.2) is 49.2 Å². The molecule has 1 spiro atoms. The minimum absolute atomic E-state index is 0.281. The standard InChI is InChI=1S/C30H32N8O/c1-35-17-25(16-33-35)23-12-26(28-24(13-31)15-34-38(28)18-23)22-6-7-27(32-14-22)36-10-8-30(9-11-36)19-37(20-30)29(39)21-4-2-3-5-21/h6-7,12,14-18,21H,2-5,8-11,19-20H2,1H3. The summed E-state index contributed by atoms with van der Waals surface area (Å²) in [5.41, 5.74) is 5.43. The summed E-state index contributed by atoms with van der Waals surface area (Å²) in [6.07, 6.45) is 16.0. The van der Waals surface area contributed by atoms with Gasteiger partial charge < -0.3 is 9.80 Å². The van der Waals surface area contributed by atoms with Gasteiger partial charge in [-0.2, -0.15) is 15.5 Å². The molecule has 0 aromatic carbocycles. The number of carbonyl (C=O) groups is 1. The Kier molecular flexibility index (Phi) is 5.65. The average molecular weight is 521 g/mol. The zero-order valence-corrected chi connectivity index (χ0v) is 22.3. The van der Waals surface area contributed by atoms with E-state index in [2.05, 4.69) is 44.3 Å². The SMILES string of the molecule is Cn1cc(-c2cc(-c3ccc(N4CCC5(CC4)CN(C(=O)C4CCCC4)C5)nc3)c3c(C#N)cnn3c2)cn1. The van der Waals surface area contributed by atoms with Crippen molar-refractivity contribution in [1.82, 2.24) is 29.3 Å². The van der Waals surface area contributed by atoms with Gasteiger partial charge >= 0.3 is 0 Å². The van der Waals surface area contributed by atoms with Crippen LogP contribution in [0.5, 0.6) is 0 Å². The van der Waals surface area contributed by atoms with Gasteiger partial charge in [0.2, 0.25) is 5.91 Å². The summed E-state index contributed by atoms with van der Waals surface area (Å²) in [5.74, 6) is 1.65. The lowest BCUT2D eigenvalue weighted by Crippen LogP contribution is -2.62. The summed E-state index contributed by atoms with van der Waals surface area (Å²) >= 11 is 0. The molecule has 0 radical (unpaired) electrons. The number of rotatable bonds is 4. The fourth-order valence-corrected chi connectivity index (χ4v) is 6.76. The first-order valence-electron chi connectivity index (χ1n) is 13.9. The third kappa shape index (κ3) is 4.15. The van der Waals surface area contributed by atoms with Gasteiger partial charge in [-0.05, 0) is 43.9 Å². The number of piperidine rings is 1. The number of hydrogen-bond acceptors (Lipinski definition) is 6. The number of aryl methyl sites for hydroxylation is 1. The highest BCUT2D eigenvalue weighted by Gasteiger charge is 2.48. The number of amides is 1. The van der Waals surface area contributed by atoms with E-state index >= 15 is 0 Å². The van der Waals surface area contributed by atoms with E-state index in [-0.39, 0.29) is 5.92 Å². The number of pyridine rings is 2. The topological polar surface area (TPSA) is 95.3 Å². The van der Waals surface area contributed by atoms with E-state index in [1.54, 1.807) is 15.4 Å². The highest BCUT2D eigenvalue weighted by Crippen LogP contribution is 2.43. The lowest BCUT2D eigenvalue weighted by Gasteiger charge is -2.54. The minimum atomic E-state index is 0.281. The van der Waals surface area contributed by atoms with Gasteiger partial charge in [-0.15, -0.1) is 0 Å². The Balaban J connectivity index is 1.08. The van der Waals surface area contributed by atoms with Crippen molar-refractivity contribution in [3.8, 4) is 28.3 Å². The van der Waals surface area contributed by atoms with Crippen LogP contribution in [0.25, 0.3) is 27.8 Å². The highest BCUT2D eigenvalue weighted by atomic mass is 16.2. The summed E-state index contributed by atoms with van der Waals surface area (Å²) < 4.78 is 3.55. The second-order valence-electron chi connectivity index (χ2n) is 11.6. The number of nitrogens with zero attached hydrogens (tertiary/aromatic N) is 8. The number of fused-ring (bicyclic) bond motifs is 1. The Morgan fingerprint density at radius 1 is 1.00 bits per heavy atom. The molecule has 2 saturated heterocycles. The predicted molar refractivity (Wildman–Crippen MR) is 148 cm³/mol. The molecule has 0 N–H and O–H groups in total. The highest BCUT2D eigenvalue weighted by molar-refractivity contribution is 5.87. The minimum Gasteiger partial charge on any atom is -0.357 e. The Morgan fingerprint density at radius 3 is 2.46 bits per heavy atom. The quantitative estimate of drug-likeness (QED) is 0.398. The fourth-order valence-electron chi connectivity index (χ4n) is 6.76. The summed E-state index contributed by atoms with van der Waals surface area (Å²) in [6, 6.07) is 8.54. The molecule has 4 aromatic heterocycles. The third-order valence-electron chi connectivity index (χ3n) is 9.05. The van der Waals surface area contributed by atoms with Crippen LogP contribution in [-0.4, -0.2) is 61.4 Å². The lowest BCUT2D eigenvalue weighted by molar-refractivity contribution is -0.149. The van der Waals surface area contributed by atoms with Crippen LogP contribution in [0.1, 0.15) is 44.1 Å². The molecular formula is C30H32N8O. The van der Waals surface area contributed by atoms with Crippen LogP contribution < -0.4 is 4.90 Å². The molecule has 7 rings (SSSR count). The first kappa shape index (κ1) is 23.9. The number of anilines is 1. The summed E-state index contributed by atoms with van der Waals surface area (Å²) in [7, 11) is 1.90. The molecule has 198 valence electrons. The molecule has 0 unspecified atom stereocenters. The van der Waals surface area contributed by atoms with Crippen LogP contribution in [0.3, 0.4) is 0 Å². The van der Waals surface area contributed by atoms with Gasteiger partial charge in [-0.3, -0.25) is 9.48 Å². The van der Waals surface area contributed by atoms with E-state index in [1.807, 2.05) is 31.8 Å². The van der Waals surface area contributed by atoms with Crippen molar-refractivity contribution in [3.05, 3.63) is 54.7 Å². The second kappa shape index (κ2) is 9.23. The zero-order chi connectivity index (χ0) is 26.6. The second-order valence-corrected chi connectivity index (χ2v) is 11.6. The smallest absolute Gasteiger partial charge is 0.225 e. The largest absolute Gasteiger partial charge is 0.357 e. The Morgan fingerprint density at radius 2 is 1.79 bits per heavy atom. The maximum atomic E-state index is 12.8. The van der Waals surface area contributed by atoms with Crippen molar-refractivity contribution < 1.29 is 4.79 Å². The average Bonchev–Trinajstić information content (AvgIpc) is 3.72. The number of nitriles is 1. The van der Waals surface area contributed by atoms with Crippen molar-refractivity contribution in [2.45, 2.75) is 38.5 Å². The van der Waals surface area contributed by atoms with Gasteiger partial charge in [0.25, 0.3) is 0 Å². The van der Waals surface area contributed by atoms with Crippen LogP contribution in [0.4, 0.5) is 5.82 Å². The molecule has 1 amide bonds. The monoisotopic (exact) mass is 520 g/mol. The summed E-state index contributed by atoms with van der Waals surface area (Å²) in [5, 5.41) is 18.5. The normalized spacial score (nSPS) is 19.0. The third-order valence-corrected chi connectivity index (χ3v) is 9.05. The van der Waals surface area contributed by atoms with Gasteiger partial charge in [0.15, 0.2) is 0 Å². The van der Waals surface area contributed by atoms with E-state index in [4.69, 9.17) is 4.98 Å². The molecule has 3 fully saturated rings. The predicted octanol–water partition coefficient (Wildman–Crippen LogP) is 4.29. The number of aromatic nitrogens is 5. The number of carbonyl (C=O) groups excluding carboxylic acids is 1. The Bertz CT molecular complexity index is 1570. The number of likely N-dealkylation sites (tertiary alicyclic amines) is 1. The van der Waals surface area contributed by atoms with Crippen molar-refractivity contribution in [2.75, 3.05) is 31.1 Å². The maximum absolute atomic E-state index is 12.8. The van der Waals surface area contributed by atoms with Gasteiger partial charge in [0.1, 0.15) is 11.9 Å². The van der Waals surface area contributed by atoms with Crippen LogP contribution >= 0.6 is 0 Å². The van der Waals surface area contributed by atoms with Gasteiger partial charge in [0, 0.05) is 85.4 Å². The molecule has 39 heavy (non-hydrogen) atoms. The van der Waals surface area contributed by atoms with Crippen LogP contribution in [0, 0.1) is 22.7 Å². The molecule has 1 saturated carbocycles. The fraction of sp³-hybridized carbons (Fsp3) is 0.433. The van der Waals surface area contributed by atoms with Crippen molar-refractivity contribution >= 4 is 17.2 Å². The van der Waals surface area contributed by atoms with E-state index in [0.29, 0.717) is 16.9 Å². The molecule has 9 heteroatoms. The molecule has 0 atom stereocenters. The maximum Gasteiger partial charge on any atom is 0.225 e. The van der Waals surface area contributed by atoms with E-state index in [9.17, 15) is 10.1 Å². The Labute approximate surface area is 227 Å². The molecule has 1 aliphatic carbocycles. The first-order chi connectivity index (χ1) is 19.0. The zero-order valence-electron chi connectivity index (χ0n) is 22.3.